The summed E-state index contributed by atoms with van der Waals surface area (Å²) < 4.78 is 50.5. The van der Waals surface area contributed by atoms with E-state index in [1.807, 2.05) is 0 Å². The van der Waals surface area contributed by atoms with Gasteiger partial charge in [-0.3, -0.25) is 38.3 Å². The number of carbonyl (C=O) groups is 2. The first-order chi connectivity index (χ1) is 27.3. The van der Waals surface area contributed by atoms with E-state index in [1.54, 1.807) is 44.2 Å². The number of H-pyrrole nitrogens is 1. The number of rotatable bonds is 6. The molecule has 1 aromatic carbocycles. The molecule has 2 amide bonds. The third kappa shape index (κ3) is 7.75. The minimum atomic E-state index is -4.31. The Hall–Kier alpha value is -4.55. The van der Waals surface area contributed by atoms with Gasteiger partial charge in [0.1, 0.15) is 43.5 Å². The monoisotopic (exact) mass is 847 g/mol. The molecule has 4 aromatic heterocycles. The number of imidazole rings is 2. The lowest BCUT2D eigenvalue weighted by Gasteiger charge is -2.26. The van der Waals surface area contributed by atoms with Crippen LogP contribution < -0.4 is 16.2 Å². The Kier molecular flexibility index (Phi) is 10.8. The van der Waals surface area contributed by atoms with E-state index in [9.17, 15) is 34.1 Å². The molecule has 10 atom stereocenters. The van der Waals surface area contributed by atoms with Gasteiger partial charge >= 0.3 is 15.0 Å². The highest BCUT2D eigenvalue weighted by atomic mass is 32.5. The van der Waals surface area contributed by atoms with Gasteiger partial charge in [0.2, 0.25) is 11.9 Å². The number of aliphatic hydroxyl groups is 2. The zero-order valence-electron chi connectivity index (χ0n) is 29.6. The number of nitrogens with zero attached hydrogens (tertiary/aromatic N) is 7. The van der Waals surface area contributed by atoms with E-state index >= 15 is 0 Å². The van der Waals surface area contributed by atoms with Crippen LogP contribution in [0, 0.1) is 5.92 Å². The van der Waals surface area contributed by atoms with E-state index < -0.39 is 101 Å². The highest BCUT2D eigenvalue weighted by Crippen LogP contribution is 2.51. The second-order valence-corrected chi connectivity index (χ2v) is 17.0. The maximum atomic E-state index is 13.2. The Morgan fingerprint density at radius 2 is 1.67 bits per heavy atom. The molecule has 0 spiro atoms. The summed E-state index contributed by atoms with van der Waals surface area (Å²) in [6.45, 7) is -2.15. The molecule has 7 heterocycles. The van der Waals surface area contributed by atoms with E-state index in [2.05, 4.69) is 40.5 Å². The number of aromatic nitrogens is 8. The first-order valence-electron chi connectivity index (χ1n) is 17.2. The van der Waals surface area contributed by atoms with Crippen LogP contribution >= 0.6 is 15.0 Å². The number of aliphatic hydroxyl groups excluding tert-OH is 2. The van der Waals surface area contributed by atoms with Crippen molar-refractivity contribution in [1.82, 2.24) is 39.0 Å². The molecule has 5 aromatic rings. The van der Waals surface area contributed by atoms with Crippen molar-refractivity contribution in [3.8, 4) is 0 Å². The van der Waals surface area contributed by atoms with Crippen LogP contribution in [0.25, 0.3) is 22.3 Å². The maximum absolute atomic E-state index is 13.2. The van der Waals surface area contributed by atoms with Gasteiger partial charge in [-0.1, -0.05) is 32.0 Å². The van der Waals surface area contributed by atoms with Gasteiger partial charge in [0.25, 0.3) is 11.5 Å². The van der Waals surface area contributed by atoms with Crippen molar-refractivity contribution < 1.29 is 56.8 Å². The summed E-state index contributed by atoms with van der Waals surface area (Å²) in [5, 5.41) is 28.0. The Morgan fingerprint density at radius 3 is 2.42 bits per heavy atom. The molecule has 3 aliphatic heterocycles. The zero-order chi connectivity index (χ0) is 40.2. The molecular weight excluding hydrogens is 814 g/mol. The number of benzene rings is 1. The molecule has 3 fully saturated rings. The first-order valence-corrected chi connectivity index (χ1v) is 20.9. The molecule has 3 saturated heterocycles. The summed E-state index contributed by atoms with van der Waals surface area (Å²) in [5.41, 5.74) is -0.241. The standard InChI is InChI=1S/C31H32N10O13P2S/c1-13(2)26(44)38-31-37-25-18(28(46)39-31)35-12-41(25)29-20(43)21-16(52-29)9-50-56(48,57)54-22-19(42)15(8-49-55(47)53-21)51-30(22)40-11-34-17-23(32-10-33-24(17)40)36-27(45)14-6-4-3-5-7-14/h3-7,10-13,15-16,19-22,29-30,42-43H,8-9H2,1-2H3,(H3-,32,33,36,37,38,39,44,45,46,48,57)/p+1. The third-order valence-electron chi connectivity index (χ3n) is 9.20. The Labute approximate surface area is 325 Å². The first kappa shape index (κ1) is 39.3. The highest BCUT2D eigenvalue weighted by Gasteiger charge is 2.54. The van der Waals surface area contributed by atoms with Crippen LogP contribution in [0.2, 0.25) is 0 Å². The topological polar surface area (TPSA) is 299 Å². The smallest absolute Gasteiger partial charge is 0.387 e. The predicted molar refractivity (Wildman–Crippen MR) is 197 cm³/mol. The van der Waals surface area contributed by atoms with Gasteiger partial charge in [0, 0.05) is 16.0 Å². The fourth-order valence-electron chi connectivity index (χ4n) is 6.35. The van der Waals surface area contributed by atoms with E-state index in [-0.39, 0.29) is 34.1 Å². The fraction of sp³-hybridized carbons (Fsp3) is 0.419. The molecule has 10 unspecified atom stereocenters. The SMILES string of the molecule is CC(C)C(=O)Nc1nc2c(ncn2C2OC3COP(O)(=S)OC4C(O)C(CO[P+](=O)OC3C2O)OC4n2cnc3c(NC(=O)c4ccccc4)ncnc32)c(=O)[nH]1. The fourth-order valence-corrected chi connectivity index (χ4v) is 8.56. The van der Waals surface area contributed by atoms with Crippen LogP contribution in [0.15, 0.2) is 54.1 Å². The molecule has 0 saturated carbocycles. The van der Waals surface area contributed by atoms with Crippen molar-refractivity contribution in [3.63, 3.8) is 0 Å². The average molecular weight is 848 g/mol. The highest BCUT2D eigenvalue weighted by molar-refractivity contribution is 8.07. The number of amides is 2. The van der Waals surface area contributed by atoms with Crippen molar-refractivity contribution in [3.05, 3.63) is 65.2 Å². The number of anilines is 2. The minimum Gasteiger partial charge on any atom is -0.387 e. The van der Waals surface area contributed by atoms with Crippen LogP contribution in [0.4, 0.5) is 11.8 Å². The third-order valence-corrected chi connectivity index (χ3v) is 11.5. The molecule has 300 valence electrons. The van der Waals surface area contributed by atoms with Gasteiger partial charge in [-0.15, -0.1) is 9.05 Å². The Bertz CT molecular complexity index is 2470. The number of nitrogens with one attached hydrogen (secondary N) is 3. The summed E-state index contributed by atoms with van der Waals surface area (Å²) >= 11 is 5.34. The minimum absolute atomic E-state index is 0.0756. The number of hydrogen-bond donors (Lipinski definition) is 6. The average Bonchev–Trinajstić information content (AvgIpc) is 3.95. The molecule has 0 aliphatic carbocycles. The molecular formula is C31H33N10O13P2S+. The molecule has 3 aliphatic rings. The second kappa shape index (κ2) is 15.7. The molecule has 57 heavy (non-hydrogen) atoms. The number of aromatic amines is 1. The van der Waals surface area contributed by atoms with Crippen molar-refractivity contribution >= 4 is 72.7 Å². The van der Waals surface area contributed by atoms with E-state index in [0.717, 1.165) is 0 Å². The number of ether oxygens (including phenoxy) is 2. The zero-order valence-corrected chi connectivity index (χ0v) is 32.2. The van der Waals surface area contributed by atoms with Gasteiger partial charge in [0.15, 0.2) is 46.7 Å². The van der Waals surface area contributed by atoms with Gasteiger partial charge in [0.05, 0.1) is 19.3 Å². The molecule has 26 heteroatoms. The van der Waals surface area contributed by atoms with E-state index in [0.29, 0.717) is 5.56 Å². The quantitative estimate of drug-likeness (QED) is 0.130. The van der Waals surface area contributed by atoms with Crippen LogP contribution in [-0.2, 0) is 48.7 Å². The Morgan fingerprint density at radius 1 is 0.947 bits per heavy atom. The number of hydrogen-bond acceptors (Lipinski definition) is 18. The Balaban J connectivity index is 1.05. The van der Waals surface area contributed by atoms with Crippen LogP contribution in [0.5, 0.6) is 0 Å². The van der Waals surface area contributed by atoms with Crippen LogP contribution in [0.1, 0.15) is 36.7 Å². The summed E-state index contributed by atoms with van der Waals surface area (Å²) in [4.78, 5) is 72.9. The summed E-state index contributed by atoms with van der Waals surface area (Å²) in [7, 11) is -3.05. The molecule has 2 bridgehead atoms. The summed E-state index contributed by atoms with van der Waals surface area (Å²) in [5.74, 6) is -1.41. The molecule has 6 N–H and O–H groups in total. The predicted octanol–water partition coefficient (Wildman–Crippen LogP) is 1.01. The van der Waals surface area contributed by atoms with Crippen molar-refractivity contribution in [1.29, 1.82) is 0 Å². The second-order valence-electron chi connectivity index (χ2n) is 13.3. The maximum Gasteiger partial charge on any atom is 0.697 e. The van der Waals surface area contributed by atoms with Crippen molar-refractivity contribution in [2.45, 2.75) is 62.9 Å². The van der Waals surface area contributed by atoms with Gasteiger partial charge in [-0.05, 0) is 23.9 Å². The molecule has 8 rings (SSSR count). The van der Waals surface area contributed by atoms with Gasteiger partial charge in [-0.25, -0.2) is 19.9 Å². The summed E-state index contributed by atoms with van der Waals surface area (Å²) in [6, 6.07) is 8.42. The molecule has 0 radical (unpaired) electrons. The lowest BCUT2D eigenvalue weighted by molar-refractivity contribution is -0.118. The van der Waals surface area contributed by atoms with E-state index in [1.165, 1.54) is 28.1 Å². The summed E-state index contributed by atoms with van der Waals surface area (Å²) in [6.07, 6.45) is -7.64. The van der Waals surface area contributed by atoms with Crippen LogP contribution in [-0.4, -0.2) is 116 Å². The van der Waals surface area contributed by atoms with E-state index in [4.69, 9.17) is 39.4 Å². The normalized spacial score (nSPS) is 30.1. The largest absolute Gasteiger partial charge is 0.697 e. The lowest BCUT2D eigenvalue weighted by Crippen LogP contribution is -2.35. The number of fused-ring (bicyclic) bond motifs is 5. The van der Waals surface area contributed by atoms with Crippen LogP contribution in [0.3, 0.4) is 0 Å². The lowest BCUT2D eigenvalue weighted by atomic mass is 10.1. The number of carbonyl (C=O) groups excluding carboxylic acids is 2. The van der Waals surface area contributed by atoms with Crippen molar-refractivity contribution in [2.24, 2.45) is 5.92 Å². The van der Waals surface area contributed by atoms with Crippen molar-refractivity contribution in [2.75, 3.05) is 23.8 Å². The molecule has 23 nitrogen and oxygen atoms in total. The van der Waals surface area contributed by atoms with Gasteiger partial charge < -0.3 is 34.4 Å². The van der Waals surface area contributed by atoms with Gasteiger partial charge in [-0.2, -0.15) is 4.98 Å².